The highest BCUT2D eigenvalue weighted by molar-refractivity contribution is 5.56. The van der Waals surface area contributed by atoms with E-state index in [1.807, 2.05) is 25.9 Å². The number of rotatable bonds is 5. The van der Waals surface area contributed by atoms with E-state index in [-0.39, 0.29) is 11.7 Å². The molecule has 1 unspecified atom stereocenters. The monoisotopic (exact) mass is 238 g/mol. The van der Waals surface area contributed by atoms with E-state index in [1.54, 1.807) is 13.1 Å². The predicted octanol–water partition coefficient (Wildman–Crippen LogP) is 1.66. The van der Waals surface area contributed by atoms with Gasteiger partial charge in [-0.1, -0.05) is 0 Å². The molecule has 0 spiro atoms. The van der Waals surface area contributed by atoms with Crippen LogP contribution in [0, 0.1) is 17.0 Å². The number of nitrogens with zero attached hydrogens (tertiary/aromatic N) is 3. The van der Waals surface area contributed by atoms with Gasteiger partial charge in [0.05, 0.1) is 4.92 Å². The summed E-state index contributed by atoms with van der Waals surface area (Å²) in [5.74, 6) is 0.328. The summed E-state index contributed by atoms with van der Waals surface area (Å²) in [7, 11) is 3.92. The van der Waals surface area contributed by atoms with Crippen molar-refractivity contribution in [3.05, 3.63) is 27.9 Å². The van der Waals surface area contributed by atoms with Crippen molar-refractivity contribution in [3.63, 3.8) is 0 Å². The van der Waals surface area contributed by atoms with Gasteiger partial charge in [0, 0.05) is 24.8 Å². The second kappa shape index (κ2) is 5.58. The van der Waals surface area contributed by atoms with Gasteiger partial charge in [0.15, 0.2) is 0 Å². The maximum Gasteiger partial charge on any atom is 0.311 e. The van der Waals surface area contributed by atoms with Gasteiger partial charge in [-0.2, -0.15) is 0 Å². The zero-order valence-corrected chi connectivity index (χ0v) is 10.6. The molecule has 6 nitrogen and oxygen atoms in total. The Balaban J connectivity index is 2.80. The summed E-state index contributed by atoms with van der Waals surface area (Å²) in [6.45, 7) is 4.43. The summed E-state index contributed by atoms with van der Waals surface area (Å²) < 4.78 is 0. The van der Waals surface area contributed by atoms with Crippen LogP contribution < -0.4 is 5.32 Å². The lowest BCUT2D eigenvalue weighted by molar-refractivity contribution is -0.384. The van der Waals surface area contributed by atoms with Crippen LogP contribution in [0.5, 0.6) is 0 Å². The smallest absolute Gasteiger partial charge is 0.311 e. The average Bonchev–Trinajstić information content (AvgIpc) is 2.26. The first-order chi connectivity index (χ1) is 7.91. The van der Waals surface area contributed by atoms with Gasteiger partial charge < -0.3 is 10.2 Å². The fraction of sp³-hybridized carbons (Fsp3) is 0.545. The highest BCUT2D eigenvalue weighted by Gasteiger charge is 2.16. The molecule has 0 aliphatic heterocycles. The number of likely N-dealkylation sites (N-methyl/N-ethyl adjacent to an activating group) is 1. The molecule has 1 aromatic rings. The summed E-state index contributed by atoms with van der Waals surface area (Å²) >= 11 is 0. The number of nitrogens with one attached hydrogen (secondary N) is 1. The van der Waals surface area contributed by atoms with E-state index in [0.717, 1.165) is 5.56 Å². The second-order valence-corrected chi connectivity index (χ2v) is 4.33. The third-order valence-corrected chi connectivity index (χ3v) is 2.65. The lowest BCUT2D eigenvalue weighted by atomic mass is 10.2. The zero-order valence-electron chi connectivity index (χ0n) is 10.6. The number of aromatic nitrogens is 1. The van der Waals surface area contributed by atoms with E-state index in [2.05, 4.69) is 10.3 Å². The summed E-state index contributed by atoms with van der Waals surface area (Å²) in [6, 6.07) is 1.80. The van der Waals surface area contributed by atoms with E-state index < -0.39 is 4.92 Å². The molecule has 0 saturated heterocycles. The van der Waals surface area contributed by atoms with Crippen LogP contribution in [-0.4, -0.2) is 41.5 Å². The molecule has 0 aliphatic carbocycles. The molecule has 6 heteroatoms. The van der Waals surface area contributed by atoms with Crippen molar-refractivity contribution in [1.82, 2.24) is 9.88 Å². The third-order valence-electron chi connectivity index (χ3n) is 2.65. The number of nitro groups is 1. The Morgan fingerprint density at radius 2 is 2.24 bits per heavy atom. The molecule has 0 amide bonds. The number of pyridine rings is 1. The summed E-state index contributed by atoms with van der Waals surface area (Å²) in [4.78, 5) is 16.5. The summed E-state index contributed by atoms with van der Waals surface area (Å²) in [5.41, 5.74) is 0.805. The Labute approximate surface area is 101 Å². The fourth-order valence-corrected chi connectivity index (χ4v) is 1.26. The molecule has 1 rings (SSSR count). The van der Waals surface area contributed by atoms with E-state index in [4.69, 9.17) is 0 Å². The SMILES string of the molecule is Cc1cnc(NCC(C)N(C)C)c([N+](=O)[O-])c1. The molecule has 0 bridgehead atoms. The molecule has 1 atom stereocenters. The van der Waals surface area contributed by atoms with Crippen molar-refractivity contribution < 1.29 is 4.92 Å². The topological polar surface area (TPSA) is 71.3 Å². The minimum atomic E-state index is -0.414. The summed E-state index contributed by atoms with van der Waals surface area (Å²) in [5, 5.41) is 13.9. The minimum absolute atomic E-state index is 0.0240. The van der Waals surface area contributed by atoms with Gasteiger partial charge in [0.1, 0.15) is 0 Å². The van der Waals surface area contributed by atoms with E-state index >= 15 is 0 Å². The minimum Gasteiger partial charge on any atom is -0.363 e. The maximum atomic E-state index is 10.9. The van der Waals surface area contributed by atoms with E-state index in [9.17, 15) is 10.1 Å². The van der Waals surface area contributed by atoms with Crippen molar-refractivity contribution in [1.29, 1.82) is 0 Å². The van der Waals surface area contributed by atoms with Gasteiger partial charge in [0.2, 0.25) is 5.82 Å². The van der Waals surface area contributed by atoms with E-state index in [0.29, 0.717) is 12.4 Å². The molecule has 1 heterocycles. The molecule has 0 saturated carbocycles. The van der Waals surface area contributed by atoms with Crippen molar-refractivity contribution in [2.24, 2.45) is 0 Å². The molecule has 94 valence electrons. The van der Waals surface area contributed by atoms with Gasteiger partial charge >= 0.3 is 5.69 Å². The van der Waals surface area contributed by atoms with Crippen LogP contribution in [0.2, 0.25) is 0 Å². The summed E-state index contributed by atoms with van der Waals surface area (Å²) in [6.07, 6.45) is 1.62. The molecule has 0 aromatic carbocycles. The lowest BCUT2D eigenvalue weighted by Gasteiger charge is -2.20. The number of hydrogen-bond acceptors (Lipinski definition) is 5. The molecular weight excluding hydrogens is 220 g/mol. The Bertz CT molecular complexity index is 406. The van der Waals surface area contributed by atoms with Crippen LogP contribution in [0.3, 0.4) is 0 Å². The zero-order chi connectivity index (χ0) is 13.0. The Kier molecular flexibility index (Phi) is 4.39. The highest BCUT2D eigenvalue weighted by atomic mass is 16.6. The van der Waals surface area contributed by atoms with Crippen molar-refractivity contribution in [3.8, 4) is 0 Å². The largest absolute Gasteiger partial charge is 0.363 e. The maximum absolute atomic E-state index is 10.9. The lowest BCUT2D eigenvalue weighted by Crippen LogP contribution is -2.31. The van der Waals surface area contributed by atoms with Gasteiger partial charge in [0.25, 0.3) is 0 Å². The Morgan fingerprint density at radius 1 is 1.59 bits per heavy atom. The van der Waals surface area contributed by atoms with Crippen LogP contribution in [0.4, 0.5) is 11.5 Å². The van der Waals surface area contributed by atoms with Crippen LogP contribution >= 0.6 is 0 Å². The van der Waals surface area contributed by atoms with Crippen LogP contribution in [0.15, 0.2) is 12.3 Å². The van der Waals surface area contributed by atoms with E-state index in [1.165, 1.54) is 6.07 Å². The molecular formula is C11H18N4O2. The van der Waals surface area contributed by atoms with Crippen molar-refractivity contribution >= 4 is 11.5 Å². The standard InChI is InChI=1S/C11H18N4O2/c1-8-5-10(15(16)17)11(12-6-8)13-7-9(2)14(3)4/h5-6,9H,7H2,1-4H3,(H,12,13). The molecule has 1 aromatic heterocycles. The first-order valence-electron chi connectivity index (χ1n) is 5.43. The van der Waals surface area contributed by atoms with Gasteiger partial charge in [-0.15, -0.1) is 0 Å². The van der Waals surface area contributed by atoms with Crippen molar-refractivity contribution in [2.45, 2.75) is 19.9 Å². The second-order valence-electron chi connectivity index (χ2n) is 4.33. The van der Waals surface area contributed by atoms with Gasteiger partial charge in [-0.3, -0.25) is 10.1 Å². The Hall–Kier alpha value is -1.69. The van der Waals surface area contributed by atoms with Gasteiger partial charge in [-0.25, -0.2) is 4.98 Å². The number of aryl methyl sites for hydroxylation is 1. The molecule has 0 aliphatic rings. The molecule has 0 fully saturated rings. The first-order valence-corrected chi connectivity index (χ1v) is 5.43. The quantitative estimate of drug-likeness (QED) is 0.624. The first kappa shape index (κ1) is 13.4. The van der Waals surface area contributed by atoms with Crippen LogP contribution in [-0.2, 0) is 0 Å². The third kappa shape index (κ3) is 3.67. The highest BCUT2D eigenvalue weighted by Crippen LogP contribution is 2.22. The molecule has 1 N–H and O–H groups in total. The fourth-order valence-electron chi connectivity index (χ4n) is 1.26. The van der Waals surface area contributed by atoms with Crippen LogP contribution in [0.25, 0.3) is 0 Å². The van der Waals surface area contributed by atoms with Crippen LogP contribution in [0.1, 0.15) is 12.5 Å². The van der Waals surface area contributed by atoms with Gasteiger partial charge in [-0.05, 0) is 33.5 Å². The van der Waals surface area contributed by atoms with Crippen molar-refractivity contribution in [2.75, 3.05) is 26.0 Å². The molecule has 17 heavy (non-hydrogen) atoms. The number of anilines is 1. The average molecular weight is 238 g/mol. The number of hydrogen-bond donors (Lipinski definition) is 1. The predicted molar refractivity (Wildman–Crippen MR) is 67.3 cm³/mol. The Morgan fingerprint density at radius 3 is 2.76 bits per heavy atom. The normalized spacial score (nSPS) is 12.5. The molecule has 0 radical (unpaired) electrons.